The fourth-order valence-electron chi connectivity index (χ4n) is 3.25. The van der Waals surface area contributed by atoms with Crippen LogP contribution < -0.4 is 20.5 Å². The van der Waals surface area contributed by atoms with Crippen LogP contribution >= 0.6 is 0 Å². The molecule has 1 fully saturated rings. The molecule has 12 heteroatoms. The number of aromatic nitrogens is 2. The van der Waals surface area contributed by atoms with Crippen molar-refractivity contribution in [2.45, 2.75) is 12.3 Å². The van der Waals surface area contributed by atoms with Crippen LogP contribution in [-0.2, 0) is 13.2 Å². The minimum absolute atomic E-state index is 0.125. The molecule has 0 radical (unpaired) electrons. The molecule has 8 nitrogen and oxygen atoms in total. The van der Waals surface area contributed by atoms with E-state index in [1.165, 1.54) is 30.3 Å². The van der Waals surface area contributed by atoms with E-state index in [0.29, 0.717) is 11.8 Å². The molecule has 1 amide bonds. The van der Waals surface area contributed by atoms with Crippen molar-refractivity contribution in [3.8, 4) is 5.75 Å². The normalized spacial score (nSPS) is 14.2. The highest BCUT2D eigenvalue weighted by atomic mass is 19.4. The largest absolute Gasteiger partial charge is 0.487 e. The number of carbonyl (C=O) groups is 1. The lowest BCUT2D eigenvalue weighted by Gasteiger charge is -2.41. The molecule has 0 unspecified atom stereocenters. The van der Waals surface area contributed by atoms with Gasteiger partial charge in [0.25, 0.3) is 11.5 Å². The summed E-state index contributed by atoms with van der Waals surface area (Å²) < 4.78 is 63.6. The standard InChI is InChI=1S/C20H16F4N4O4/c1-27-3-2-16(17(19(27)30)18(29)26-13-7-25-31-10-13)28-8-15(9-28)32-14-5-11(20(22,23)24)4-12(21)6-14/h2-7,10,15H,8-9H2,1H3,(H,26,29). The summed E-state index contributed by atoms with van der Waals surface area (Å²) in [5.74, 6) is -1.99. The molecule has 3 aromatic rings. The number of anilines is 2. The predicted octanol–water partition coefficient (Wildman–Crippen LogP) is 3.05. The van der Waals surface area contributed by atoms with Crippen LogP contribution in [0.3, 0.4) is 0 Å². The maximum Gasteiger partial charge on any atom is 0.416 e. The number of aryl methyl sites for hydroxylation is 1. The highest BCUT2D eigenvalue weighted by Gasteiger charge is 2.35. The second kappa shape index (κ2) is 8.02. The van der Waals surface area contributed by atoms with E-state index >= 15 is 0 Å². The van der Waals surface area contributed by atoms with Crippen molar-refractivity contribution >= 4 is 17.3 Å². The average Bonchev–Trinajstić information content (AvgIpc) is 3.18. The maximum absolute atomic E-state index is 13.6. The lowest BCUT2D eigenvalue weighted by molar-refractivity contribution is -0.137. The third kappa shape index (κ3) is 4.29. The van der Waals surface area contributed by atoms with Gasteiger partial charge in [0.2, 0.25) is 0 Å². The number of nitrogens with zero attached hydrogens (tertiary/aromatic N) is 3. The molecule has 1 aromatic carbocycles. The van der Waals surface area contributed by atoms with Gasteiger partial charge in [-0.3, -0.25) is 9.59 Å². The molecule has 1 saturated heterocycles. The Morgan fingerprint density at radius 3 is 2.69 bits per heavy atom. The van der Waals surface area contributed by atoms with Gasteiger partial charge >= 0.3 is 6.18 Å². The molecule has 0 bridgehead atoms. The predicted molar refractivity (Wildman–Crippen MR) is 104 cm³/mol. The van der Waals surface area contributed by atoms with E-state index in [9.17, 15) is 27.2 Å². The summed E-state index contributed by atoms with van der Waals surface area (Å²) in [6, 6.07) is 3.56. The summed E-state index contributed by atoms with van der Waals surface area (Å²) in [6.45, 7) is 0.358. The molecule has 32 heavy (non-hydrogen) atoms. The summed E-state index contributed by atoms with van der Waals surface area (Å²) in [5.41, 5.74) is -1.22. The van der Waals surface area contributed by atoms with Crippen molar-refractivity contribution in [3.63, 3.8) is 0 Å². The Morgan fingerprint density at radius 1 is 1.28 bits per heavy atom. The number of hydrogen-bond acceptors (Lipinski definition) is 6. The number of alkyl halides is 3. The molecule has 1 aliphatic rings. The number of ether oxygens (including phenoxy) is 1. The van der Waals surface area contributed by atoms with Gasteiger partial charge in [0.1, 0.15) is 35.2 Å². The van der Waals surface area contributed by atoms with E-state index in [1.807, 2.05) is 0 Å². The topological polar surface area (TPSA) is 89.6 Å². The lowest BCUT2D eigenvalue weighted by atomic mass is 10.1. The Morgan fingerprint density at radius 2 is 2.03 bits per heavy atom. The third-order valence-electron chi connectivity index (χ3n) is 4.85. The third-order valence-corrected chi connectivity index (χ3v) is 4.85. The van der Waals surface area contributed by atoms with Gasteiger partial charge in [0.15, 0.2) is 0 Å². The first-order valence-electron chi connectivity index (χ1n) is 9.31. The highest BCUT2D eigenvalue weighted by Crippen LogP contribution is 2.33. The van der Waals surface area contributed by atoms with E-state index in [1.54, 1.807) is 11.0 Å². The fourth-order valence-corrected chi connectivity index (χ4v) is 3.25. The van der Waals surface area contributed by atoms with Crippen LogP contribution in [-0.4, -0.2) is 34.8 Å². The maximum atomic E-state index is 13.6. The van der Waals surface area contributed by atoms with Crippen molar-refractivity contribution in [2.75, 3.05) is 23.3 Å². The van der Waals surface area contributed by atoms with Crippen LogP contribution in [0.25, 0.3) is 0 Å². The monoisotopic (exact) mass is 452 g/mol. The molecule has 0 spiro atoms. The summed E-state index contributed by atoms with van der Waals surface area (Å²) in [5, 5.41) is 5.99. The van der Waals surface area contributed by atoms with Gasteiger partial charge in [-0.2, -0.15) is 13.2 Å². The number of halogens is 4. The average molecular weight is 452 g/mol. The van der Waals surface area contributed by atoms with Crippen molar-refractivity contribution in [1.82, 2.24) is 9.72 Å². The smallest absolute Gasteiger partial charge is 0.416 e. The SMILES string of the molecule is Cn1ccc(N2CC(Oc3cc(F)cc(C(F)(F)F)c3)C2)c(C(=O)Nc2cnoc2)c1=O. The van der Waals surface area contributed by atoms with Crippen molar-refractivity contribution in [1.29, 1.82) is 0 Å². The molecule has 4 rings (SSSR count). The second-order valence-corrected chi connectivity index (χ2v) is 7.18. The van der Waals surface area contributed by atoms with Crippen LogP contribution in [0.1, 0.15) is 15.9 Å². The Balaban J connectivity index is 1.50. The minimum Gasteiger partial charge on any atom is -0.487 e. The minimum atomic E-state index is -4.71. The van der Waals surface area contributed by atoms with Gasteiger partial charge in [-0.25, -0.2) is 4.39 Å². The zero-order valence-corrected chi connectivity index (χ0v) is 16.5. The summed E-state index contributed by atoms with van der Waals surface area (Å²) >= 11 is 0. The first-order chi connectivity index (χ1) is 15.1. The van der Waals surface area contributed by atoms with Crippen LogP contribution in [0.4, 0.5) is 28.9 Å². The number of carbonyl (C=O) groups excluding carboxylic acids is 1. The first kappa shape index (κ1) is 21.4. The number of nitrogens with one attached hydrogen (secondary N) is 1. The van der Waals surface area contributed by atoms with Gasteiger partial charge in [-0.15, -0.1) is 0 Å². The molecular formula is C20H16F4N4O4. The summed E-state index contributed by atoms with van der Waals surface area (Å²) in [7, 11) is 1.49. The molecular weight excluding hydrogens is 436 g/mol. The molecule has 1 N–H and O–H groups in total. The van der Waals surface area contributed by atoms with Crippen molar-refractivity contribution < 1.29 is 31.6 Å². The van der Waals surface area contributed by atoms with E-state index in [-0.39, 0.29) is 30.1 Å². The molecule has 168 valence electrons. The number of amides is 1. The van der Waals surface area contributed by atoms with E-state index in [0.717, 1.165) is 12.1 Å². The summed E-state index contributed by atoms with van der Waals surface area (Å²) in [4.78, 5) is 27.0. The van der Waals surface area contributed by atoms with Crippen molar-refractivity contribution in [3.05, 3.63) is 70.2 Å². The van der Waals surface area contributed by atoms with E-state index < -0.39 is 35.1 Å². The van der Waals surface area contributed by atoms with Gasteiger partial charge in [-0.05, 0) is 18.2 Å². The Hall–Kier alpha value is -3.83. The van der Waals surface area contributed by atoms with Gasteiger partial charge < -0.3 is 24.0 Å². The molecule has 0 aliphatic carbocycles. The fraction of sp³-hybridized carbons (Fsp3) is 0.250. The van der Waals surface area contributed by atoms with Gasteiger partial charge in [-0.1, -0.05) is 5.16 Å². The van der Waals surface area contributed by atoms with Gasteiger partial charge in [0.05, 0.1) is 30.5 Å². The summed E-state index contributed by atoms with van der Waals surface area (Å²) in [6.07, 6.45) is -1.30. The van der Waals surface area contributed by atoms with Crippen LogP contribution in [0, 0.1) is 5.82 Å². The lowest BCUT2D eigenvalue weighted by Crippen LogP contribution is -2.55. The Labute approximate surface area is 178 Å². The number of pyridine rings is 1. The van der Waals surface area contributed by atoms with Crippen LogP contribution in [0.2, 0.25) is 0 Å². The second-order valence-electron chi connectivity index (χ2n) is 7.18. The Bertz CT molecular complexity index is 1200. The number of benzene rings is 1. The molecule has 0 atom stereocenters. The molecule has 2 aromatic heterocycles. The quantitative estimate of drug-likeness (QED) is 0.599. The highest BCUT2D eigenvalue weighted by molar-refractivity contribution is 6.07. The van der Waals surface area contributed by atoms with Crippen molar-refractivity contribution in [2.24, 2.45) is 7.05 Å². The van der Waals surface area contributed by atoms with Crippen LogP contribution in [0.5, 0.6) is 5.75 Å². The molecule has 0 saturated carbocycles. The van der Waals surface area contributed by atoms with Crippen LogP contribution in [0.15, 0.2) is 52.2 Å². The van der Waals surface area contributed by atoms with E-state index in [4.69, 9.17) is 4.74 Å². The first-order valence-corrected chi connectivity index (χ1v) is 9.31. The number of hydrogen-bond donors (Lipinski definition) is 1. The van der Waals surface area contributed by atoms with E-state index in [2.05, 4.69) is 15.0 Å². The molecule has 3 heterocycles. The molecule has 1 aliphatic heterocycles. The van der Waals surface area contributed by atoms with Gasteiger partial charge in [0, 0.05) is 19.3 Å². The number of rotatable bonds is 5. The zero-order valence-electron chi connectivity index (χ0n) is 16.5. The Kier molecular flexibility index (Phi) is 5.36. The zero-order chi connectivity index (χ0) is 23.0.